The highest BCUT2D eigenvalue weighted by Gasteiger charge is 2.32. The maximum Gasteiger partial charge on any atom is 0.243 e. The molecule has 1 unspecified atom stereocenters. The van der Waals surface area contributed by atoms with Gasteiger partial charge in [-0.05, 0) is 41.8 Å². The van der Waals surface area contributed by atoms with Crippen LogP contribution in [0.3, 0.4) is 0 Å². The van der Waals surface area contributed by atoms with E-state index in [-0.39, 0.29) is 30.3 Å². The van der Waals surface area contributed by atoms with Crippen LogP contribution in [0, 0.1) is 5.82 Å². The number of halogens is 1. The minimum Gasteiger partial charge on any atom is -0.489 e. The first-order valence-electron chi connectivity index (χ1n) is 8.52. The third-order valence-electron chi connectivity index (χ3n) is 4.48. The Morgan fingerprint density at radius 3 is 2.65 bits per heavy atom. The third kappa shape index (κ3) is 4.39. The number of carbonyl (C=O) groups excluding carboxylic acids is 2. The molecular formula is C20H21FN2O3. The van der Waals surface area contributed by atoms with Gasteiger partial charge >= 0.3 is 0 Å². The summed E-state index contributed by atoms with van der Waals surface area (Å²) in [5.41, 5.74) is 1.69. The second-order valence-corrected chi connectivity index (χ2v) is 6.34. The van der Waals surface area contributed by atoms with E-state index in [1.54, 1.807) is 19.2 Å². The summed E-state index contributed by atoms with van der Waals surface area (Å²) in [7, 11) is 1.66. The number of benzene rings is 2. The summed E-state index contributed by atoms with van der Waals surface area (Å²) in [5, 5.41) is 2.86. The summed E-state index contributed by atoms with van der Waals surface area (Å²) in [5.74, 6) is 0.256. The van der Waals surface area contributed by atoms with Crippen molar-refractivity contribution < 1.29 is 18.7 Å². The normalized spacial score (nSPS) is 16.6. The second-order valence-electron chi connectivity index (χ2n) is 6.34. The summed E-state index contributed by atoms with van der Waals surface area (Å²) in [6.45, 7) is 0.678. The Labute approximate surface area is 151 Å². The van der Waals surface area contributed by atoms with Gasteiger partial charge in [-0.1, -0.05) is 24.3 Å². The zero-order valence-electron chi connectivity index (χ0n) is 14.6. The van der Waals surface area contributed by atoms with E-state index in [1.807, 2.05) is 24.3 Å². The van der Waals surface area contributed by atoms with Crippen LogP contribution in [0.5, 0.6) is 5.75 Å². The summed E-state index contributed by atoms with van der Waals surface area (Å²) in [6.07, 6.45) is 0.986. The smallest absolute Gasteiger partial charge is 0.243 e. The summed E-state index contributed by atoms with van der Waals surface area (Å²) >= 11 is 0. The first kappa shape index (κ1) is 17.9. The van der Waals surface area contributed by atoms with E-state index >= 15 is 0 Å². The van der Waals surface area contributed by atoms with E-state index in [1.165, 1.54) is 17.0 Å². The van der Waals surface area contributed by atoms with Gasteiger partial charge in [0, 0.05) is 20.0 Å². The fraction of sp³-hybridized carbons (Fsp3) is 0.300. The minimum atomic E-state index is -0.378. The Morgan fingerprint density at radius 2 is 2.00 bits per heavy atom. The maximum absolute atomic E-state index is 13.1. The molecule has 1 aliphatic rings. The lowest BCUT2D eigenvalue weighted by atomic mass is 10.2. The van der Waals surface area contributed by atoms with E-state index < -0.39 is 0 Å². The minimum absolute atomic E-state index is 0.00458. The Hall–Kier alpha value is -2.89. The quantitative estimate of drug-likeness (QED) is 0.866. The topological polar surface area (TPSA) is 58.6 Å². The van der Waals surface area contributed by atoms with Crippen molar-refractivity contribution in [2.75, 3.05) is 7.05 Å². The van der Waals surface area contributed by atoms with Gasteiger partial charge in [-0.2, -0.15) is 0 Å². The van der Waals surface area contributed by atoms with Crippen LogP contribution in [0.1, 0.15) is 24.0 Å². The standard InChI is InChI=1S/C20H21FN2O3/c1-23-18(9-10-19(23)24)20(25)22-12-14-5-7-17(8-6-14)26-13-15-3-2-4-16(21)11-15/h2-8,11,18H,9-10,12-13H2,1H3,(H,22,25). The molecule has 2 aromatic carbocycles. The van der Waals surface area contributed by atoms with Crippen molar-refractivity contribution in [1.82, 2.24) is 10.2 Å². The number of likely N-dealkylation sites (N-methyl/N-ethyl adjacent to an activating group) is 1. The van der Waals surface area contributed by atoms with Crippen molar-refractivity contribution in [3.05, 3.63) is 65.5 Å². The molecule has 1 fully saturated rings. The molecule has 2 amide bonds. The molecule has 0 saturated carbocycles. The largest absolute Gasteiger partial charge is 0.489 e. The highest BCUT2D eigenvalue weighted by atomic mass is 19.1. The van der Waals surface area contributed by atoms with Gasteiger partial charge in [-0.3, -0.25) is 9.59 Å². The highest BCUT2D eigenvalue weighted by molar-refractivity contribution is 5.90. The van der Waals surface area contributed by atoms with E-state index in [4.69, 9.17) is 4.74 Å². The molecule has 0 radical (unpaired) electrons. The summed E-state index contributed by atoms with van der Waals surface area (Å²) < 4.78 is 18.8. The molecule has 0 spiro atoms. The van der Waals surface area contributed by atoms with Crippen molar-refractivity contribution in [2.24, 2.45) is 0 Å². The molecule has 1 aliphatic heterocycles. The van der Waals surface area contributed by atoms with Gasteiger partial charge < -0.3 is 15.0 Å². The predicted molar refractivity (Wildman–Crippen MR) is 94.8 cm³/mol. The number of nitrogens with one attached hydrogen (secondary N) is 1. The summed E-state index contributed by atoms with van der Waals surface area (Å²) in [6, 6.07) is 13.3. The van der Waals surface area contributed by atoms with Crippen molar-refractivity contribution >= 4 is 11.8 Å². The van der Waals surface area contributed by atoms with Gasteiger partial charge in [0.2, 0.25) is 11.8 Å². The van der Waals surface area contributed by atoms with Crippen LogP contribution < -0.4 is 10.1 Å². The number of ether oxygens (including phenoxy) is 1. The monoisotopic (exact) mass is 356 g/mol. The highest BCUT2D eigenvalue weighted by Crippen LogP contribution is 2.17. The van der Waals surface area contributed by atoms with Gasteiger partial charge in [0.1, 0.15) is 24.2 Å². The molecule has 0 bridgehead atoms. The lowest BCUT2D eigenvalue weighted by Gasteiger charge is -2.19. The Kier molecular flexibility index (Phi) is 5.51. The van der Waals surface area contributed by atoms with Crippen molar-refractivity contribution in [2.45, 2.75) is 32.0 Å². The predicted octanol–water partition coefficient (Wildman–Crippen LogP) is 2.64. The zero-order chi connectivity index (χ0) is 18.5. The van der Waals surface area contributed by atoms with Gasteiger partial charge in [0.05, 0.1) is 0 Å². The maximum atomic E-state index is 13.1. The van der Waals surface area contributed by atoms with Crippen LogP contribution >= 0.6 is 0 Å². The van der Waals surface area contributed by atoms with Crippen molar-refractivity contribution in [1.29, 1.82) is 0 Å². The molecule has 1 atom stereocenters. The van der Waals surface area contributed by atoms with E-state index in [0.717, 1.165) is 11.1 Å². The number of carbonyl (C=O) groups is 2. The molecule has 26 heavy (non-hydrogen) atoms. The molecule has 6 heteroatoms. The number of amides is 2. The Balaban J connectivity index is 1.48. The van der Waals surface area contributed by atoms with E-state index in [0.29, 0.717) is 25.1 Å². The van der Waals surface area contributed by atoms with Crippen molar-refractivity contribution in [3.8, 4) is 5.75 Å². The van der Waals surface area contributed by atoms with Gasteiger partial charge in [-0.15, -0.1) is 0 Å². The molecule has 5 nitrogen and oxygen atoms in total. The molecule has 1 saturated heterocycles. The van der Waals surface area contributed by atoms with Crippen LogP contribution in [0.25, 0.3) is 0 Å². The third-order valence-corrected chi connectivity index (χ3v) is 4.48. The van der Waals surface area contributed by atoms with Crippen LogP contribution in [0.4, 0.5) is 4.39 Å². The average molecular weight is 356 g/mol. The van der Waals surface area contributed by atoms with Gasteiger partial charge in [0.15, 0.2) is 0 Å². The molecule has 0 aliphatic carbocycles. The molecule has 1 N–H and O–H groups in total. The zero-order valence-corrected chi connectivity index (χ0v) is 14.6. The van der Waals surface area contributed by atoms with Crippen LogP contribution in [-0.4, -0.2) is 29.8 Å². The first-order chi connectivity index (χ1) is 12.5. The molecule has 136 valence electrons. The average Bonchev–Trinajstić information content (AvgIpc) is 2.98. The first-order valence-corrected chi connectivity index (χ1v) is 8.52. The van der Waals surface area contributed by atoms with Crippen LogP contribution in [-0.2, 0) is 22.7 Å². The van der Waals surface area contributed by atoms with E-state index in [2.05, 4.69) is 5.32 Å². The SMILES string of the molecule is CN1C(=O)CCC1C(=O)NCc1ccc(OCc2cccc(F)c2)cc1. The second kappa shape index (κ2) is 7.99. The number of hydrogen-bond acceptors (Lipinski definition) is 3. The molecule has 3 rings (SSSR count). The number of hydrogen-bond donors (Lipinski definition) is 1. The number of likely N-dealkylation sites (tertiary alicyclic amines) is 1. The fourth-order valence-electron chi connectivity index (χ4n) is 2.91. The lowest BCUT2D eigenvalue weighted by Crippen LogP contribution is -2.42. The molecule has 1 heterocycles. The van der Waals surface area contributed by atoms with Gasteiger partial charge in [0.25, 0.3) is 0 Å². The molecular weight excluding hydrogens is 335 g/mol. The van der Waals surface area contributed by atoms with Crippen LogP contribution in [0.2, 0.25) is 0 Å². The molecule has 0 aromatic heterocycles. The fourth-order valence-corrected chi connectivity index (χ4v) is 2.91. The van der Waals surface area contributed by atoms with Crippen LogP contribution in [0.15, 0.2) is 48.5 Å². The number of nitrogens with zero attached hydrogens (tertiary/aromatic N) is 1. The van der Waals surface area contributed by atoms with Gasteiger partial charge in [-0.25, -0.2) is 4.39 Å². The summed E-state index contributed by atoms with van der Waals surface area (Å²) in [4.78, 5) is 25.2. The lowest BCUT2D eigenvalue weighted by molar-refractivity contribution is -0.133. The molecule has 2 aromatic rings. The number of rotatable bonds is 6. The Morgan fingerprint density at radius 1 is 1.23 bits per heavy atom. The Bertz CT molecular complexity index is 792. The van der Waals surface area contributed by atoms with Crippen molar-refractivity contribution in [3.63, 3.8) is 0 Å². The van der Waals surface area contributed by atoms with E-state index in [9.17, 15) is 14.0 Å².